The van der Waals surface area contributed by atoms with Gasteiger partial charge in [0.1, 0.15) is 0 Å². The van der Waals surface area contributed by atoms with Crippen LogP contribution in [0.4, 0.5) is 22.7 Å². The summed E-state index contributed by atoms with van der Waals surface area (Å²) in [5.74, 6) is 3.48. The number of rotatable bonds is 14. The van der Waals surface area contributed by atoms with Crippen molar-refractivity contribution < 1.29 is 50.2 Å². The van der Waals surface area contributed by atoms with Gasteiger partial charge < -0.3 is 30.5 Å². The number of hydrogen-bond acceptors (Lipinski definition) is 4. The summed E-state index contributed by atoms with van der Waals surface area (Å²) >= 11 is 0. The van der Waals surface area contributed by atoms with Gasteiger partial charge in [-0.2, -0.15) is 6.26 Å². The van der Waals surface area contributed by atoms with Crippen molar-refractivity contribution in [1.82, 2.24) is 0 Å². The third kappa shape index (κ3) is 18.2. The average molecular weight is 993 g/mol. The molecule has 0 aromatic heterocycles. The SMILES string of the molecule is C1CCOC1.C=C[O-].CC(C)c1cccc(C(C)C)c1N=C[N-]c1c(C(C)C)cccc1C(C)C.CC(C)c1cccc(C(C)C)c1N=C[N-]c1c(C(C)C)cccc1C(C)C.[Sm+3]. The number of benzene rings is 4. The van der Waals surface area contributed by atoms with Crippen LogP contribution in [0.15, 0.2) is 95.6 Å². The Balaban J connectivity index is 0.000000528. The summed E-state index contributed by atoms with van der Waals surface area (Å²) in [5.41, 5.74) is 14.6. The van der Waals surface area contributed by atoms with Gasteiger partial charge in [0, 0.05) is 13.2 Å². The number of aliphatic imine (C=N–C) groups is 2. The first-order chi connectivity index (χ1) is 29.4. The van der Waals surface area contributed by atoms with Crippen LogP contribution < -0.4 is 5.11 Å². The predicted octanol–water partition coefficient (Wildman–Crippen LogP) is 17.4. The quantitative estimate of drug-likeness (QED) is 0.0716. The zero-order chi connectivity index (χ0) is 46.5. The first-order valence-corrected chi connectivity index (χ1v) is 23.2. The molecule has 6 nitrogen and oxygen atoms in total. The Labute approximate surface area is 417 Å². The van der Waals surface area contributed by atoms with Crippen LogP contribution in [0.5, 0.6) is 0 Å². The molecule has 0 saturated carbocycles. The second-order valence-corrected chi connectivity index (χ2v) is 18.6. The van der Waals surface area contributed by atoms with Crippen LogP contribution in [0.25, 0.3) is 10.6 Å². The molecule has 1 aliphatic rings. The van der Waals surface area contributed by atoms with E-state index in [1.165, 1.54) is 57.3 Å². The van der Waals surface area contributed by atoms with E-state index >= 15 is 0 Å². The van der Waals surface area contributed by atoms with Crippen molar-refractivity contribution in [2.75, 3.05) is 13.2 Å². The molecular weight excluding hydrogens is 911 g/mol. The third-order valence-electron chi connectivity index (χ3n) is 10.9. The molecule has 5 rings (SSSR count). The summed E-state index contributed by atoms with van der Waals surface area (Å²) in [5, 5.41) is 18.4. The minimum absolute atomic E-state index is 0. The summed E-state index contributed by atoms with van der Waals surface area (Å²) in [7, 11) is 0. The minimum atomic E-state index is 0. The first kappa shape index (κ1) is 57.7. The van der Waals surface area contributed by atoms with Gasteiger partial charge in [-0.1, -0.05) is 196 Å². The van der Waals surface area contributed by atoms with E-state index in [9.17, 15) is 0 Å². The molecule has 4 aromatic rings. The van der Waals surface area contributed by atoms with Gasteiger partial charge in [0.2, 0.25) is 0 Å². The second kappa shape index (κ2) is 30.0. The zero-order valence-corrected chi connectivity index (χ0v) is 44.4. The Hall–Kier alpha value is -3.34. The molecule has 1 saturated heterocycles. The molecule has 0 amide bonds. The maximum atomic E-state index is 8.69. The van der Waals surface area contributed by atoms with Crippen molar-refractivity contribution in [3.63, 3.8) is 0 Å². The van der Waals surface area contributed by atoms with E-state index in [2.05, 4.69) is 190 Å². The van der Waals surface area contributed by atoms with Gasteiger partial charge in [0.25, 0.3) is 0 Å². The number of ether oxygens (including phenoxy) is 1. The van der Waals surface area contributed by atoms with Crippen LogP contribution in [-0.2, 0) is 4.74 Å². The van der Waals surface area contributed by atoms with E-state index in [0.717, 1.165) is 36.0 Å². The molecule has 0 atom stereocenters. The molecule has 343 valence electrons. The Morgan fingerprint density at radius 1 is 0.444 bits per heavy atom. The number of nitrogens with zero attached hydrogens (tertiary/aromatic N) is 4. The topological polar surface area (TPSA) is 85.2 Å². The molecule has 0 spiro atoms. The van der Waals surface area contributed by atoms with E-state index in [-0.39, 0.29) is 40.4 Å². The third-order valence-corrected chi connectivity index (χ3v) is 10.9. The van der Waals surface area contributed by atoms with Crippen molar-refractivity contribution in [1.29, 1.82) is 0 Å². The fourth-order valence-corrected chi connectivity index (χ4v) is 7.44. The summed E-state index contributed by atoms with van der Waals surface area (Å²) in [6.07, 6.45) is 6.58. The molecule has 7 heteroatoms. The Morgan fingerprint density at radius 2 is 0.651 bits per heavy atom. The van der Waals surface area contributed by atoms with Crippen molar-refractivity contribution in [3.8, 4) is 0 Å². The summed E-state index contributed by atoms with van der Waals surface area (Å²) in [6, 6.07) is 26.1. The fourth-order valence-electron chi connectivity index (χ4n) is 7.44. The maximum absolute atomic E-state index is 8.69. The molecule has 0 N–H and O–H groups in total. The Bertz CT molecular complexity index is 1740. The Morgan fingerprint density at radius 3 is 0.825 bits per heavy atom. The molecule has 4 aromatic carbocycles. The van der Waals surface area contributed by atoms with Gasteiger partial charge in [-0.05, 0) is 127 Å². The van der Waals surface area contributed by atoms with Crippen molar-refractivity contribution in [2.45, 2.75) is 171 Å². The summed E-state index contributed by atoms with van der Waals surface area (Å²) in [6.45, 7) is 40.4. The zero-order valence-electron chi connectivity index (χ0n) is 41.8. The first-order valence-electron chi connectivity index (χ1n) is 23.2. The molecular formula is C56H81N4O2Sm. The molecule has 0 unspecified atom stereocenters. The van der Waals surface area contributed by atoms with Crippen LogP contribution in [0.3, 0.4) is 0 Å². The fraction of sp³-hybridized carbons (Fsp3) is 0.500. The molecule has 1 aliphatic heterocycles. The van der Waals surface area contributed by atoms with Crippen molar-refractivity contribution in [3.05, 3.63) is 141 Å². The van der Waals surface area contributed by atoms with Gasteiger partial charge >= 0.3 is 40.4 Å². The standard InChI is InChI=1S/2C25H35N2.C4H8O.C2H4O.Sm/c2*1-16(2)20-11-9-12-21(17(3)4)24(20)26-15-27-25-22(18(5)6)13-10-14-23(25)19(7)8;1-2-4-5-3-1;1-2-3;/h2*9-19H,1-8H3;1-4H2;2-3H,1H2;/q2*-1;;;+3/p-1. The van der Waals surface area contributed by atoms with E-state index in [1.54, 1.807) is 12.7 Å². The average Bonchev–Trinajstić information content (AvgIpc) is 3.82. The van der Waals surface area contributed by atoms with Gasteiger partial charge in [-0.25, -0.2) is 0 Å². The summed E-state index contributed by atoms with van der Waals surface area (Å²) in [4.78, 5) is 9.71. The number of hydrogen-bond donors (Lipinski definition) is 0. The van der Waals surface area contributed by atoms with Crippen LogP contribution in [0, 0.1) is 40.4 Å². The van der Waals surface area contributed by atoms with Gasteiger partial charge in [0.15, 0.2) is 0 Å². The van der Waals surface area contributed by atoms with Crippen LogP contribution in [0.1, 0.15) is 215 Å². The van der Waals surface area contributed by atoms with Gasteiger partial charge in [-0.3, -0.25) is 0 Å². The molecule has 1 radical (unpaired) electrons. The predicted molar refractivity (Wildman–Crippen MR) is 271 cm³/mol. The van der Waals surface area contributed by atoms with Crippen molar-refractivity contribution in [2.24, 2.45) is 9.98 Å². The van der Waals surface area contributed by atoms with Crippen LogP contribution in [0.2, 0.25) is 0 Å². The van der Waals surface area contributed by atoms with E-state index in [1.807, 2.05) is 0 Å². The van der Waals surface area contributed by atoms with Crippen molar-refractivity contribution >= 4 is 35.4 Å². The largest absolute Gasteiger partial charge is 3.00 e. The molecule has 0 aliphatic carbocycles. The monoisotopic (exact) mass is 994 g/mol. The van der Waals surface area contributed by atoms with Crippen LogP contribution in [-0.4, -0.2) is 25.9 Å². The van der Waals surface area contributed by atoms with Gasteiger partial charge in [-0.15, -0.1) is 6.58 Å². The Kier molecular flexibility index (Phi) is 27.4. The van der Waals surface area contributed by atoms with E-state index in [4.69, 9.17) is 30.5 Å². The smallest absolute Gasteiger partial charge is 0.878 e. The van der Waals surface area contributed by atoms with E-state index in [0.29, 0.717) is 53.6 Å². The molecule has 63 heavy (non-hydrogen) atoms. The number of para-hydroxylation sites is 4. The maximum Gasteiger partial charge on any atom is 3.00 e. The van der Waals surface area contributed by atoms with Crippen LogP contribution >= 0.6 is 0 Å². The molecule has 0 bridgehead atoms. The summed E-state index contributed by atoms with van der Waals surface area (Å²) < 4.78 is 4.94. The molecule has 1 fully saturated rings. The van der Waals surface area contributed by atoms with Gasteiger partial charge in [0.05, 0.1) is 0 Å². The normalized spacial score (nSPS) is 12.5. The minimum Gasteiger partial charge on any atom is -0.878 e. The van der Waals surface area contributed by atoms with E-state index < -0.39 is 0 Å². The molecule has 1 heterocycles. The second-order valence-electron chi connectivity index (χ2n) is 18.6.